The lowest BCUT2D eigenvalue weighted by Gasteiger charge is -2.45. The quantitative estimate of drug-likeness (QED) is 0.236. The van der Waals surface area contributed by atoms with E-state index in [4.69, 9.17) is 14.6 Å². The second-order valence-corrected chi connectivity index (χ2v) is 5.75. The van der Waals surface area contributed by atoms with Crippen molar-refractivity contribution < 1.29 is 55.4 Å². The van der Waals surface area contributed by atoms with Crippen molar-refractivity contribution in [2.75, 3.05) is 6.61 Å². The predicted octanol–water partition coefficient (Wildman–Crippen LogP) is -6.01. The number of rotatable bonds is 3. The molecule has 0 radical (unpaired) electrons. The average Bonchev–Trinajstić information content (AvgIpc) is 2.54. The summed E-state index contributed by atoms with van der Waals surface area (Å²) in [6, 6.07) is 0. The lowest BCUT2D eigenvalue weighted by molar-refractivity contribution is -0.339. The molecule has 23 heavy (non-hydrogen) atoms. The van der Waals surface area contributed by atoms with Gasteiger partial charge in [0.05, 0.1) is 6.61 Å². The van der Waals surface area contributed by atoms with E-state index in [1.807, 2.05) is 0 Å². The number of hydrogen-bond donors (Lipinski definition) is 9. The molecule has 1 aliphatic heterocycles. The van der Waals surface area contributed by atoms with E-state index >= 15 is 0 Å². The summed E-state index contributed by atoms with van der Waals surface area (Å²) in [6.07, 6.45) is -18.9. The molecule has 11 heteroatoms. The van der Waals surface area contributed by atoms with E-state index in [1.165, 1.54) is 0 Å². The van der Waals surface area contributed by atoms with Gasteiger partial charge in [0.25, 0.3) is 0 Å². The second kappa shape index (κ2) is 7.21. The summed E-state index contributed by atoms with van der Waals surface area (Å²) in [7, 11) is 0. The molecule has 2 rings (SSSR count). The Balaban J connectivity index is 2.13. The van der Waals surface area contributed by atoms with E-state index in [0.29, 0.717) is 0 Å². The van der Waals surface area contributed by atoms with Crippen LogP contribution in [0.2, 0.25) is 0 Å². The molecule has 0 aromatic carbocycles. The summed E-state index contributed by atoms with van der Waals surface area (Å²) in [6.45, 7) is -0.704. The normalized spacial score (nSPS) is 54.9. The summed E-state index contributed by atoms with van der Waals surface area (Å²) in [4.78, 5) is 0. The van der Waals surface area contributed by atoms with Gasteiger partial charge in [0, 0.05) is 0 Å². The molecule has 1 aliphatic carbocycles. The van der Waals surface area contributed by atoms with Gasteiger partial charge < -0.3 is 55.4 Å². The summed E-state index contributed by atoms with van der Waals surface area (Å²) < 4.78 is 10.2. The van der Waals surface area contributed by atoms with Crippen molar-refractivity contribution in [3.8, 4) is 0 Å². The van der Waals surface area contributed by atoms with Crippen LogP contribution in [-0.2, 0) is 9.47 Å². The molecule has 2 fully saturated rings. The van der Waals surface area contributed by atoms with Crippen LogP contribution in [0.25, 0.3) is 0 Å². The van der Waals surface area contributed by atoms with Gasteiger partial charge in [0.15, 0.2) is 6.29 Å². The monoisotopic (exact) mass is 342 g/mol. The molecular weight excluding hydrogens is 320 g/mol. The van der Waals surface area contributed by atoms with Gasteiger partial charge in [0.2, 0.25) is 0 Å². The van der Waals surface area contributed by atoms with Gasteiger partial charge >= 0.3 is 0 Å². The summed E-state index contributed by atoms with van der Waals surface area (Å²) in [5, 5.41) is 86.6. The maximum atomic E-state index is 9.85. The number of hydrogen-bond acceptors (Lipinski definition) is 11. The predicted molar refractivity (Wildman–Crippen MR) is 68.7 cm³/mol. The average molecular weight is 342 g/mol. The fourth-order valence-corrected chi connectivity index (χ4v) is 2.69. The van der Waals surface area contributed by atoms with E-state index in [2.05, 4.69) is 0 Å². The highest BCUT2D eigenvalue weighted by molar-refractivity contribution is 5.00. The molecule has 9 N–H and O–H groups in total. The Kier molecular flexibility index (Phi) is 5.92. The first kappa shape index (κ1) is 18.9. The largest absolute Gasteiger partial charge is 0.394 e. The van der Waals surface area contributed by atoms with Crippen molar-refractivity contribution in [1.29, 1.82) is 0 Å². The van der Waals surface area contributed by atoms with Gasteiger partial charge in [0.1, 0.15) is 61.0 Å². The van der Waals surface area contributed by atoms with Crippen LogP contribution in [0, 0.1) is 0 Å². The zero-order valence-corrected chi connectivity index (χ0v) is 11.9. The fourth-order valence-electron chi connectivity index (χ4n) is 2.69. The van der Waals surface area contributed by atoms with Gasteiger partial charge in [-0.05, 0) is 0 Å². The van der Waals surface area contributed by atoms with Crippen molar-refractivity contribution in [1.82, 2.24) is 0 Å². The molecule has 0 spiro atoms. The van der Waals surface area contributed by atoms with Crippen molar-refractivity contribution in [3.05, 3.63) is 0 Å². The summed E-state index contributed by atoms with van der Waals surface area (Å²) >= 11 is 0. The Hall–Kier alpha value is -0.440. The van der Waals surface area contributed by atoms with Crippen molar-refractivity contribution in [2.24, 2.45) is 0 Å². The molecule has 0 aromatic rings. The minimum absolute atomic E-state index is 0.704. The maximum Gasteiger partial charge on any atom is 0.187 e. The zero-order valence-electron chi connectivity index (χ0n) is 11.9. The van der Waals surface area contributed by atoms with E-state index in [9.17, 15) is 40.9 Å². The molecule has 11 nitrogen and oxygen atoms in total. The van der Waals surface area contributed by atoms with Gasteiger partial charge in [-0.2, -0.15) is 0 Å². The Morgan fingerprint density at radius 1 is 0.609 bits per heavy atom. The van der Waals surface area contributed by atoms with Crippen LogP contribution < -0.4 is 0 Å². The molecular formula is C12H22O11. The molecule has 9 atom stereocenters. The first-order chi connectivity index (χ1) is 10.7. The van der Waals surface area contributed by atoms with E-state index in [0.717, 1.165) is 0 Å². The molecule has 136 valence electrons. The minimum atomic E-state index is -1.83. The Morgan fingerprint density at radius 2 is 1.04 bits per heavy atom. The molecule has 0 bridgehead atoms. The Morgan fingerprint density at radius 3 is 1.52 bits per heavy atom. The van der Waals surface area contributed by atoms with Crippen molar-refractivity contribution in [3.63, 3.8) is 0 Å². The molecule has 1 heterocycles. The lowest BCUT2D eigenvalue weighted by atomic mass is 9.84. The van der Waals surface area contributed by atoms with Crippen molar-refractivity contribution >= 4 is 0 Å². The maximum absolute atomic E-state index is 9.85. The topological polar surface area (TPSA) is 201 Å². The molecule has 0 aromatic heterocycles. The third kappa shape index (κ3) is 3.36. The van der Waals surface area contributed by atoms with Crippen LogP contribution in [0.15, 0.2) is 0 Å². The lowest BCUT2D eigenvalue weighted by Crippen LogP contribution is -2.67. The van der Waals surface area contributed by atoms with E-state index in [1.54, 1.807) is 0 Å². The Bertz CT molecular complexity index is 377. The van der Waals surface area contributed by atoms with Gasteiger partial charge in [-0.1, -0.05) is 0 Å². The number of aliphatic hydroxyl groups is 9. The van der Waals surface area contributed by atoms with Crippen LogP contribution >= 0.6 is 0 Å². The smallest absolute Gasteiger partial charge is 0.187 e. The first-order valence-electron chi connectivity index (χ1n) is 7.07. The van der Waals surface area contributed by atoms with Gasteiger partial charge in [-0.25, -0.2) is 0 Å². The number of aliphatic hydroxyl groups excluding tert-OH is 9. The molecule has 0 unspecified atom stereocenters. The van der Waals surface area contributed by atoms with Crippen LogP contribution in [0.5, 0.6) is 0 Å². The standard InChI is InChI=1S/C12H22O11/c13-1-2-3(14)4(15)10(21)12(22-2)23-11-8(19)6(17)5(16)7(18)9(11)20/h2-21H,1H2/t2-,3+,4+,5-,6-,7-,8+,9+,10-,11-,12-/m1/s1. The highest BCUT2D eigenvalue weighted by Gasteiger charge is 2.52. The zero-order chi connectivity index (χ0) is 17.5. The molecule has 1 saturated heterocycles. The van der Waals surface area contributed by atoms with Gasteiger partial charge in [-0.15, -0.1) is 0 Å². The Labute approximate surface area is 130 Å². The SMILES string of the molecule is OC[C@H]1O[C@H](O[C@H]2[C@@H](O)[C@H](O)[C@H](O)[C@@H](O)[C@@H]2O)[C@H](O)[C@@H](O)[C@H]1O. The third-order valence-electron chi connectivity index (χ3n) is 4.21. The van der Waals surface area contributed by atoms with Gasteiger partial charge in [-0.3, -0.25) is 0 Å². The molecule has 2 aliphatic rings. The highest BCUT2D eigenvalue weighted by atomic mass is 16.7. The third-order valence-corrected chi connectivity index (χ3v) is 4.21. The van der Waals surface area contributed by atoms with Crippen molar-refractivity contribution in [2.45, 2.75) is 67.3 Å². The highest BCUT2D eigenvalue weighted by Crippen LogP contribution is 2.29. The van der Waals surface area contributed by atoms with E-state index in [-0.39, 0.29) is 0 Å². The van der Waals surface area contributed by atoms with Crippen LogP contribution in [0.1, 0.15) is 0 Å². The molecule has 1 saturated carbocycles. The summed E-state index contributed by atoms with van der Waals surface area (Å²) in [5.41, 5.74) is 0. The fraction of sp³-hybridized carbons (Fsp3) is 1.00. The molecule has 0 amide bonds. The van der Waals surface area contributed by atoms with E-state index < -0.39 is 73.9 Å². The first-order valence-corrected chi connectivity index (χ1v) is 7.07. The van der Waals surface area contributed by atoms with Crippen LogP contribution in [-0.4, -0.2) is 120 Å². The number of ether oxygens (including phenoxy) is 2. The second-order valence-electron chi connectivity index (χ2n) is 5.75. The van der Waals surface area contributed by atoms with Crippen LogP contribution in [0.3, 0.4) is 0 Å². The van der Waals surface area contributed by atoms with Crippen LogP contribution in [0.4, 0.5) is 0 Å². The minimum Gasteiger partial charge on any atom is -0.394 e. The summed E-state index contributed by atoms with van der Waals surface area (Å²) in [5.74, 6) is 0.